The maximum absolute atomic E-state index is 3.55. The topological polar surface area (TPSA) is 0 Å². The maximum Gasteiger partial charge on any atom is 0.000879 e. The minimum Gasteiger partial charge on any atom is -0.121 e. The van der Waals surface area contributed by atoms with E-state index in [0.29, 0.717) is 0 Å². The Morgan fingerprint density at radius 3 is 2.23 bits per heavy atom. The average Bonchev–Trinajstić information content (AvgIpc) is 2.59. The van der Waals surface area contributed by atoms with Crippen LogP contribution >= 0.6 is 0 Å². The van der Waals surface area contributed by atoms with Gasteiger partial charge in [-0.15, -0.1) is 5.73 Å². The van der Waals surface area contributed by atoms with Gasteiger partial charge < -0.3 is 0 Å². The molecule has 0 saturated heterocycles. The molecule has 0 aliphatic heterocycles. The quantitative estimate of drug-likeness (QED) is 0.388. The molecular formula is C22H26. The first-order valence-corrected chi connectivity index (χ1v) is 8.43. The smallest absolute Gasteiger partial charge is 0.000879 e. The van der Waals surface area contributed by atoms with Gasteiger partial charge in [0.25, 0.3) is 0 Å². The highest BCUT2D eigenvalue weighted by Gasteiger charge is 2.00. The van der Waals surface area contributed by atoms with E-state index in [-0.39, 0.29) is 0 Å². The van der Waals surface area contributed by atoms with Crippen molar-refractivity contribution in [3.05, 3.63) is 83.6 Å². The fourth-order valence-corrected chi connectivity index (χ4v) is 2.57. The molecule has 0 N–H and O–H groups in total. The molecule has 2 aromatic rings. The first-order chi connectivity index (χ1) is 10.9. The highest BCUT2D eigenvalue weighted by molar-refractivity contribution is 5.64. The van der Waals surface area contributed by atoms with Crippen LogP contribution in [-0.4, -0.2) is 0 Å². The number of hydrogen-bond donors (Lipinski definition) is 0. The molecule has 0 fully saturated rings. The lowest BCUT2D eigenvalue weighted by Gasteiger charge is -2.05. The molecule has 0 unspecified atom stereocenters. The van der Waals surface area contributed by atoms with E-state index in [0.717, 1.165) is 12.8 Å². The van der Waals surface area contributed by atoms with Crippen LogP contribution in [0.4, 0.5) is 0 Å². The van der Waals surface area contributed by atoms with E-state index in [9.17, 15) is 0 Å². The van der Waals surface area contributed by atoms with Gasteiger partial charge in [-0.3, -0.25) is 0 Å². The third-order valence-corrected chi connectivity index (χ3v) is 3.86. The van der Waals surface area contributed by atoms with E-state index in [1.54, 1.807) is 0 Å². The molecule has 0 heterocycles. The van der Waals surface area contributed by atoms with Crippen LogP contribution in [0.5, 0.6) is 0 Å². The minimum absolute atomic E-state index is 0.951. The molecule has 0 aromatic heterocycles. The molecule has 0 spiro atoms. The molecule has 22 heavy (non-hydrogen) atoms. The van der Waals surface area contributed by atoms with Crippen molar-refractivity contribution in [2.75, 3.05) is 0 Å². The number of benzene rings is 2. The number of hydrogen-bond acceptors (Lipinski definition) is 0. The molecule has 0 heteroatoms. The van der Waals surface area contributed by atoms with E-state index < -0.39 is 0 Å². The Kier molecular flexibility index (Phi) is 7.29. The van der Waals surface area contributed by atoms with Crippen molar-refractivity contribution < 1.29 is 0 Å². The number of unbranched alkanes of at least 4 members (excludes halogenated alkanes) is 3. The van der Waals surface area contributed by atoms with E-state index in [4.69, 9.17) is 0 Å². The summed E-state index contributed by atoms with van der Waals surface area (Å²) in [6.45, 7) is 2.26. The van der Waals surface area contributed by atoms with E-state index >= 15 is 0 Å². The van der Waals surface area contributed by atoms with Crippen LogP contribution in [0.2, 0.25) is 0 Å². The van der Waals surface area contributed by atoms with Crippen LogP contribution in [0.15, 0.2) is 72.5 Å². The maximum atomic E-state index is 3.55. The summed E-state index contributed by atoms with van der Waals surface area (Å²) in [7, 11) is 0. The van der Waals surface area contributed by atoms with Gasteiger partial charge in [-0.25, -0.2) is 0 Å². The van der Waals surface area contributed by atoms with Crippen LogP contribution in [0.3, 0.4) is 0 Å². The van der Waals surface area contributed by atoms with E-state index in [2.05, 4.69) is 79.4 Å². The van der Waals surface area contributed by atoms with Gasteiger partial charge in [0.1, 0.15) is 0 Å². The predicted octanol–water partition coefficient (Wildman–Crippen LogP) is 6.44. The van der Waals surface area contributed by atoms with E-state index in [1.165, 1.54) is 42.4 Å². The molecule has 0 aliphatic rings. The molecule has 0 radical (unpaired) electrons. The summed E-state index contributed by atoms with van der Waals surface area (Å²) in [5.74, 6) is 0. The van der Waals surface area contributed by atoms with Gasteiger partial charge in [0, 0.05) is 5.57 Å². The van der Waals surface area contributed by atoms with Gasteiger partial charge in [-0.1, -0.05) is 86.8 Å². The minimum atomic E-state index is 0.951. The lowest BCUT2D eigenvalue weighted by Crippen LogP contribution is -1.85. The van der Waals surface area contributed by atoms with Gasteiger partial charge in [0.15, 0.2) is 0 Å². The lowest BCUT2D eigenvalue weighted by atomic mass is 9.99. The Balaban J connectivity index is 2.07. The Morgan fingerprint density at radius 1 is 0.864 bits per heavy atom. The largest absolute Gasteiger partial charge is 0.121 e. The molecular weight excluding hydrogens is 264 g/mol. The SMILES string of the molecule is CCCCCCC(=C=CCc1ccccc1)c1ccccc1. The zero-order valence-electron chi connectivity index (χ0n) is 13.6. The van der Waals surface area contributed by atoms with Gasteiger partial charge in [-0.2, -0.15) is 0 Å². The lowest BCUT2D eigenvalue weighted by molar-refractivity contribution is 0.679. The summed E-state index contributed by atoms with van der Waals surface area (Å²) in [5.41, 5.74) is 7.54. The third-order valence-electron chi connectivity index (χ3n) is 3.86. The van der Waals surface area contributed by atoms with Crippen LogP contribution in [0.1, 0.15) is 50.2 Å². The molecule has 0 bridgehead atoms. The predicted molar refractivity (Wildman–Crippen MR) is 96.8 cm³/mol. The molecule has 0 aliphatic carbocycles. The van der Waals surface area contributed by atoms with Crippen LogP contribution < -0.4 is 0 Å². The highest BCUT2D eigenvalue weighted by Crippen LogP contribution is 2.20. The molecule has 2 aromatic carbocycles. The second-order valence-corrected chi connectivity index (χ2v) is 5.69. The monoisotopic (exact) mass is 290 g/mol. The fourth-order valence-electron chi connectivity index (χ4n) is 2.57. The fraction of sp³-hybridized carbons (Fsp3) is 0.318. The normalized spacial score (nSPS) is 10.0. The molecule has 114 valence electrons. The molecule has 0 amide bonds. The second-order valence-electron chi connectivity index (χ2n) is 5.69. The standard InChI is InChI=1S/C22H26/c1-2-3-4-9-16-22(21-17-10-6-11-18-21)19-12-15-20-13-7-5-8-14-20/h5-8,10-14,17-18H,2-4,9,15-16H2,1H3. The Morgan fingerprint density at radius 2 is 1.55 bits per heavy atom. The second kappa shape index (κ2) is 9.82. The van der Waals surface area contributed by atoms with Crippen LogP contribution in [-0.2, 0) is 6.42 Å². The summed E-state index contributed by atoms with van der Waals surface area (Å²) >= 11 is 0. The van der Waals surface area contributed by atoms with Crippen molar-refractivity contribution in [2.24, 2.45) is 0 Å². The molecule has 2 rings (SSSR count). The van der Waals surface area contributed by atoms with Gasteiger partial charge in [-0.05, 0) is 36.5 Å². The van der Waals surface area contributed by atoms with Crippen molar-refractivity contribution in [1.29, 1.82) is 0 Å². The summed E-state index contributed by atoms with van der Waals surface area (Å²) in [4.78, 5) is 0. The molecule has 0 nitrogen and oxygen atoms in total. The van der Waals surface area contributed by atoms with Gasteiger partial charge in [0.05, 0.1) is 0 Å². The highest BCUT2D eigenvalue weighted by atomic mass is 14.0. The summed E-state index contributed by atoms with van der Waals surface area (Å²) in [5, 5.41) is 0. The first kappa shape index (κ1) is 16.3. The molecule has 0 atom stereocenters. The third kappa shape index (κ3) is 5.76. The zero-order chi connectivity index (χ0) is 15.5. The van der Waals surface area contributed by atoms with Crippen molar-refractivity contribution in [3.8, 4) is 0 Å². The van der Waals surface area contributed by atoms with Crippen molar-refractivity contribution in [3.63, 3.8) is 0 Å². The van der Waals surface area contributed by atoms with Gasteiger partial charge >= 0.3 is 0 Å². The summed E-state index contributed by atoms with van der Waals surface area (Å²) < 4.78 is 0. The van der Waals surface area contributed by atoms with Crippen molar-refractivity contribution in [1.82, 2.24) is 0 Å². The van der Waals surface area contributed by atoms with Crippen molar-refractivity contribution >= 4 is 5.57 Å². The Bertz CT molecular complexity index is 586. The summed E-state index contributed by atoms with van der Waals surface area (Å²) in [6, 6.07) is 21.3. The van der Waals surface area contributed by atoms with E-state index in [1.807, 2.05) is 0 Å². The van der Waals surface area contributed by atoms with Crippen molar-refractivity contribution in [2.45, 2.75) is 45.4 Å². The Hall–Kier alpha value is -2.04. The molecule has 0 saturated carbocycles. The van der Waals surface area contributed by atoms with Crippen LogP contribution in [0.25, 0.3) is 5.57 Å². The van der Waals surface area contributed by atoms with Gasteiger partial charge in [0.2, 0.25) is 0 Å². The summed E-state index contributed by atoms with van der Waals surface area (Å²) in [6.07, 6.45) is 9.43. The average molecular weight is 290 g/mol. The zero-order valence-corrected chi connectivity index (χ0v) is 13.6. The first-order valence-electron chi connectivity index (χ1n) is 8.43. The number of rotatable bonds is 8. The van der Waals surface area contributed by atoms with Crippen LogP contribution in [0, 0.1) is 0 Å². The number of allylic oxidation sites excluding steroid dienone is 1. The Labute approximate surface area is 135 Å².